The molecule has 0 aliphatic carbocycles. The van der Waals surface area contributed by atoms with Gasteiger partial charge < -0.3 is 18.8 Å². The molecule has 0 radical (unpaired) electrons. The van der Waals surface area contributed by atoms with Crippen molar-refractivity contribution >= 4 is 11.8 Å². The summed E-state index contributed by atoms with van der Waals surface area (Å²) in [7, 11) is 0. The maximum Gasteiger partial charge on any atom is 0.246 e. The maximum absolute atomic E-state index is 13.4. The van der Waals surface area contributed by atoms with Crippen LogP contribution < -0.4 is 0 Å². The van der Waals surface area contributed by atoms with Crippen molar-refractivity contribution in [2.45, 2.75) is 46.2 Å². The van der Waals surface area contributed by atoms with Crippen LogP contribution in [-0.2, 0) is 29.0 Å². The van der Waals surface area contributed by atoms with Crippen molar-refractivity contribution in [2.24, 2.45) is 0 Å². The molecule has 0 saturated carbocycles. The van der Waals surface area contributed by atoms with E-state index in [-0.39, 0.29) is 24.7 Å². The molecular formula is C22H25N5O4. The van der Waals surface area contributed by atoms with E-state index in [1.807, 2.05) is 30.3 Å². The second kappa shape index (κ2) is 8.71. The predicted octanol–water partition coefficient (Wildman–Crippen LogP) is 2.01. The van der Waals surface area contributed by atoms with Crippen LogP contribution in [0, 0.1) is 20.8 Å². The van der Waals surface area contributed by atoms with Gasteiger partial charge in [0.2, 0.25) is 17.7 Å². The van der Waals surface area contributed by atoms with Gasteiger partial charge in [-0.3, -0.25) is 9.59 Å². The van der Waals surface area contributed by atoms with Crippen molar-refractivity contribution in [1.82, 2.24) is 25.1 Å². The standard InChI is InChI=1S/C22H25N5O4/c1-14-18(15(2)30-24-14)11-21(28)27-10-9-26(13-17-7-5-4-6-8-17)22(29)19(27)12-20-23-16(3)25-31-20/h4-8,19H,9-13H2,1-3H3. The van der Waals surface area contributed by atoms with Crippen molar-refractivity contribution in [2.75, 3.05) is 13.1 Å². The quantitative estimate of drug-likeness (QED) is 0.597. The number of carbonyl (C=O) groups is 2. The lowest BCUT2D eigenvalue weighted by molar-refractivity contribution is -0.151. The SMILES string of the molecule is Cc1noc(CC2C(=O)N(Cc3ccccc3)CCN2C(=O)Cc2c(C)noc2C)n1. The molecule has 1 unspecified atom stereocenters. The van der Waals surface area contributed by atoms with E-state index in [4.69, 9.17) is 9.05 Å². The first-order chi connectivity index (χ1) is 14.9. The van der Waals surface area contributed by atoms with Gasteiger partial charge in [-0.15, -0.1) is 0 Å². The van der Waals surface area contributed by atoms with Crippen molar-refractivity contribution < 1.29 is 18.6 Å². The summed E-state index contributed by atoms with van der Waals surface area (Å²) < 4.78 is 10.4. The lowest BCUT2D eigenvalue weighted by atomic mass is 10.0. The molecule has 9 heteroatoms. The van der Waals surface area contributed by atoms with Gasteiger partial charge in [-0.1, -0.05) is 40.6 Å². The molecule has 9 nitrogen and oxygen atoms in total. The van der Waals surface area contributed by atoms with E-state index in [1.54, 1.807) is 30.6 Å². The Labute approximate surface area is 180 Å². The zero-order valence-corrected chi connectivity index (χ0v) is 17.9. The first-order valence-electron chi connectivity index (χ1n) is 10.3. The highest BCUT2D eigenvalue weighted by Crippen LogP contribution is 2.21. The smallest absolute Gasteiger partial charge is 0.246 e. The number of hydrogen-bond donors (Lipinski definition) is 0. The highest BCUT2D eigenvalue weighted by atomic mass is 16.5. The van der Waals surface area contributed by atoms with Gasteiger partial charge in [0.1, 0.15) is 11.8 Å². The van der Waals surface area contributed by atoms with E-state index in [0.717, 1.165) is 11.1 Å². The van der Waals surface area contributed by atoms with Gasteiger partial charge in [0.25, 0.3) is 0 Å². The number of piperazine rings is 1. The van der Waals surface area contributed by atoms with E-state index < -0.39 is 6.04 Å². The average Bonchev–Trinajstić information content (AvgIpc) is 3.31. The monoisotopic (exact) mass is 423 g/mol. The molecular weight excluding hydrogens is 398 g/mol. The van der Waals surface area contributed by atoms with Crippen molar-refractivity contribution in [3.05, 3.63) is 64.6 Å². The van der Waals surface area contributed by atoms with Crippen molar-refractivity contribution in [3.8, 4) is 0 Å². The zero-order valence-electron chi connectivity index (χ0n) is 17.9. The third-order valence-corrected chi connectivity index (χ3v) is 5.57. The minimum absolute atomic E-state index is 0.127. The van der Waals surface area contributed by atoms with Gasteiger partial charge >= 0.3 is 0 Å². The zero-order chi connectivity index (χ0) is 22.0. The molecule has 0 N–H and O–H groups in total. The normalized spacial score (nSPS) is 16.7. The fourth-order valence-corrected chi connectivity index (χ4v) is 3.89. The average molecular weight is 423 g/mol. The molecule has 1 saturated heterocycles. The van der Waals surface area contributed by atoms with Gasteiger partial charge in [0.05, 0.1) is 18.5 Å². The number of hydrogen-bond acceptors (Lipinski definition) is 7. The summed E-state index contributed by atoms with van der Waals surface area (Å²) in [5.74, 6) is 1.17. The van der Waals surface area contributed by atoms with Crippen LogP contribution >= 0.6 is 0 Å². The van der Waals surface area contributed by atoms with Crippen LogP contribution in [0.4, 0.5) is 0 Å². The number of carbonyl (C=O) groups excluding carboxylic acids is 2. The lowest BCUT2D eigenvalue weighted by Crippen LogP contribution is -2.59. The Bertz CT molecular complexity index is 1060. The molecule has 1 aromatic carbocycles. The van der Waals surface area contributed by atoms with Crippen molar-refractivity contribution in [1.29, 1.82) is 0 Å². The fraction of sp³-hybridized carbons (Fsp3) is 0.409. The lowest BCUT2D eigenvalue weighted by Gasteiger charge is -2.40. The summed E-state index contributed by atoms with van der Waals surface area (Å²) in [6.07, 6.45) is 0.310. The summed E-state index contributed by atoms with van der Waals surface area (Å²) in [5, 5.41) is 7.74. The molecule has 31 heavy (non-hydrogen) atoms. The van der Waals surface area contributed by atoms with Gasteiger partial charge in [-0.2, -0.15) is 4.98 Å². The van der Waals surface area contributed by atoms with Crippen LogP contribution in [0.25, 0.3) is 0 Å². The van der Waals surface area contributed by atoms with Gasteiger partial charge in [0, 0.05) is 25.2 Å². The summed E-state index contributed by atoms with van der Waals surface area (Å²) in [6.45, 7) is 6.69. The van der Waals surface area contributed by atoms with Crippen LogP contribution in [-0.4, -0.2) is 56.0 Å². The Balaban J connectivity index is 1.56. The number of benzene rings is 1. The summed E-state index contributed by atoms with van der Waals surface area (Å²) >= 11 is 0. The van der Waals surface area contributed by atoms with E-state index in [0.29, 0.717) is 42.8 Å². The molecule has 1 fully saturated rings. The third kappa shape index (κ3) is 4.50. The van der Waals surface area contributed by atoms with E-state index in [1.165, 1.54) is 0 Å². The molecule has 2 amide bonds. The number of rotatable bonds is 6. The van der Waals surface area contributed by atoms with Crippen LogP contribution in [0.5, 0.6) is 0 Å². The second-order valence-electron chi connectivity index (χ2n) is 7.77. The van der Waals surface area contributed by atoms with E-state index in [9.17, 15) is 9.59 Å². The molecule has 1 atom stereocenters. The first kappa shape index (κ1) is 20.8. The van der Waals surface area contributed by atoms with Crippen molar-refractivity contribution in [3.63, 3.8) is 0 Å². The third-order valence-electron chi connectivity index (χ3n) is 5.57. The molecule has 3 heterocycles. The van der Waals surface area contributed by atoms with Crippen LogP contribution in [0.1, 0.15) is 34.3 Å². The van der Waals surface area contributed by atoms with Gasteiger partial charge in [-0.05, 0) is 26.3 Å². The molecule has 162 valence electrons. The fourth-order valence-electron chi connectivity index (χ4n) is 3.89. The molecule has 2 aromatic heterocycles. The highest BCUT2D eigenvalue weighted by Gasteiger charge is 2.38. The second-order valence-corrected chi connectivity index (χ2v) is 7.77. The molecule has 3 aromatic rings. The Morgan fingerprint density at radius 3 is 2.52 bits per heavy atom. The summed E-state index contributed by atoms with van der Waals surface area (Å²) in [6, 6.07) is 9.10. The van der Waals surface area contributed by atoms with Gasteiger partial charge in [-0.25, -0.2) is 0 Å². The predicted molar refractivity (Wildman–Crippen MR) is 110 cm³/mol. The number of amides is 2. The molecule has 0 bridgehead atoms. The van der Waals surface area contributed by atoms with Crippen LogP contribution in [0.15, 0.2) is 39.4 Å². The first-order valence-corrected chi connectivity index (χ1v) is 10.3. The largest absolute Gasteiger partial charge is 0.361 e. The summed E-state index contributed by atoms with van der Waals surface area (Å²) in [5.41, 5.74) is 2.49. The Morgan fingerprint density at radius 2 is 1.87 bits per heavy atom. The number of nitrogens with zero attached hydrogens (tertiary/aromatic N) is 5. The number of aryl methyl sites for hydroxylation is 3. The Morgan fingerprint density at radius 1 is 1.10 bits per heavy atom. The minimum atomic E-state index is -0.703. The molecule has 4 rings (SSSR count). The maximum atomic E-state index is 13.4. The van der Waals surface area contributed by atoms with E-state index >= 15 is 0 Å². The molecule has 1 aliphatic heterocycles. The van der Waals surface area contributed by atoms with Crippen LogP contribution in [0.2, 0.25) is 0 Å². The molecule has 1 aliphatic rings. The topological polar surface area (TPSA) is 106 Å². The summed E-state index contributed by atoms with van der Waals surface area (Å²) in [4.78, 5) is 34.2. The van der Waals surface area contributed by atoms with Gasteiger partial charge in [0.15, 0.2) is 5.82 Å². The minimum Gasteiger partial charge on any atom is -0.361 e. The Kier molecular flexibility index (Phi) is 5.83. The Hall–Kier alpha value is -3.49. The molecule has 0 spiro atoms. The highest BCUT2D eigenvalue weighted by molar-refractivity contribution is 5.90. The van der Waals surface area contributed by atoms with E-state index in [2.05, 4.69) is 15.3 Å². The number of aromatic nitrogens is 3. The van der Waals surface area contributed by atoms with Crippen LogP contribution in [0.3, 0.4) is 0 Å².